The quantitative estimate of drug-likeness (QED) is 0.618. The third-order valence-electron chi connectivity index (χ3n) is 4.38. The van der Waals surface area contributed by atoms with Crippen molar-refractivity contribution < 1.29 is 4.79 Å². The van der Waals surface area contributed by atoms with Crippen molar-refractivity contribution in [1.82, 2.24) is 29.7 Å². The second-order valence-electron chi connectivity index (χ2n) is 6.64. The van der Waals surface area contributed by atoms with Crippen LogP contribution in [0.4, 0.5) is 0 Å². The average molecular weight is 396 g/mol. The molecule has 0 aromatic carbocycles. The molecule has 1 fully saturated rings. The molecule has 3 aromatic rings. The first-order valence-corrected chi connectivity index (χ1v) is 9.75. The number of carbonyl (C=O) groups excluding carboxylic acids is 1. The van der Waals surface area contributed by atoms with E-state index in [-0.39, 0.29) is 11.5 Å². The molecule has 2 N–H and O–H groups in total. The Balaban J connectivity index is 0.000000192. The highest BCUT2D eigenvalue weighted by atomic mass is 16.1. The fourth-order valence-electron chi connectivity index (χ4n) is 2.88. The van der Waals surface area contributed by atoms with Gasteiger partial charge in [0.25, 0.3) is 11.5 Å². The minimum absolute atomic E-state index is 0.154. The fourth-order valence-corrected chi connectivity index (χ4v) is 2.88. The molecule has 1 aliphatic rings. The summed E-state index contributed by atoms with van der Waals surface area (Å²) in [6.07, 6.45) is 15.9. The number of rotatable bonds is 1. The molecule has 0 bridgehead atoms. The van der Waals surface area contributed by atoms with Crippen LogP contribution >= 0.6 is 0 Å². The van der Waals surface area contributed by atoms with Gasteiger partial charge in [0.1, 0.15) is 5.52 Å². The average Bonchev–Trinajstić information content (AvgIpc) is 3.39. The minimum atomic E-state index is -0.234. The Morgan fingerprint density at radius 3 is 2.28 bits per heavy atom. The zero-order chi connectivity index (χ0) is 21.1. The first kappa shape index (κ1) is 22.0. The van der Waals surface area contributed by atoms with Gasteiger partial charge in [0.05, 0.1) is 24.3 Å². The van der Waals surface area contributed by atoms with Crippen molar-refractivity contribution in [3.8, 4) is 23.1 Å². The molecule has 1 saturated carbocycles. The topological polar surface area (TPSA) is 97.1 Å². The second kappa shape index (κ2) is 11.5. The van der Waals surface area contributed by atoms with E-state index in [1.165, 1.54) is 38.5 Å². The summed E-state index contributed by atoms with van der Waals surface area (Å²) >= 11 is 0. The summed E-state index contributed by atoms with van der Waals surface area (Å²) in [6.45, 7) is 1.62. The number of nitrogens with one attached hydrogen (secondary N) is 2. The Bertz CT molecular complexity index is 1020. The molecule has 0 spiro atoms. The van der Waals surface area contributed by atoms with Crippen LogP contribution < -0.4 is 10.9 Å². The van der Waals surface area contributed by atoms with Gasteiger partial charge in [-0.05, 0) is 18.9 Å². The number of hydrogen-bond donors (Lipinski definition) is 2. The van der Waals surface area contributed by atoms with Gasteiger partial charge in [-0.15, -0.1) is 0 Å². The lowest BCUT2D eigenvalue weighted by molar-refractivity contribution is -0.115. The Kier molecular flexibility index (Phi) is 8.70. The van der Waals surface area contributed by atoms with E-state index in [0.717, 1.165) is 5.56 Å². The second-order valence-corrected chi connectivity index (χ2v) is 6.64. The number of amides is 1. The summed E-state index contributed by atoms with van der Waals surface area (Å²) in [5.41, 5.74) is 1.94. The first-order chi connectivity index (χ1) is 14.0. The molecular formula is C21H28N6O2. The van der Waals surface area contributed by atoms with E-state index >= 15 is 0 Å². The van der Waals surface area contributed by atoms with Crippen molar-refractivity contribution in [3.63, 3.8) is 0 Å². The predicted octanol–water partition coefficient (Wildman–Crippen LogP) is 2.52. The molecule has 1 amide bonds. The van der Waals surface area contributed by atoms with E-state index in [1.54, 1.807) is 47.8 Å². The van der Waals surface area contributed by atoms with Crippen molar-refractivity contribution in [1.29, 1.82) is 0 Å². The lowest BCUT2D eigenvalue weighted by Gasteiger charge is -2.05. The van der Waals surface area contributed by atoms with E-state index in [9.17, 15) is 9.59 Å². The SMILES string of the molecule is C1CCCCC1.CC#CC(=O)NC.Cn1cc(-c2cn3nccc3c(=O)[nH]2)cn1. The molecule has 4 rings (SSSR count). The summed E-state index contributed by atoms with van der Waals surface area (Å²) in [6, 6.07) is 1.67. The Hall–Kier alpha value is -3.34. The van der Waals surface area contributed by atoms with Gasteiger partial charge in [-0.25, -0.2) is 4.52 Å². The van der Waals surface area contributed by atoms with Crippen molar-refractivity contribution in [2.24, 2.45) is 7.05 Å². The van der Waals surface area contributed by atoms with E-state index in [2.05, 4.69) is 32.3 Å². The highest BCUT2D eigenvalue weighted by Gasteiger charge is 2.05. The number of fused-ring (bicyclic) bond motifs is 1. The molecule has 0 unspecified atom stereocenters. The van der Waals surface area contributed by atoms with Gasteiger partial charge in [0.15, 0.2) is 0 Å². The monoisotopic (exact) mass is 396 g/mol. The van der Waals surface area contributed by atoms with Gasteiger partial charge in [0.2, 0.25) is 0 Å². The highest BCUT2D eigenvalue weighted by molar-refractivity contribution is 5.93. The first-order valence-electron chi connectivity index (χ1n) is 9.75. The molecule has 1 aliphatic carbocycles. The van der Waals surface area contributed by atoms with Crippen LogP contribution in [-0.4, -0.2) is 37.3 Å². The molecule has 154 valence electrons. The number of aromatic nitrogens is 5. The maximum Gasteiger partial charge on any atom is 0.295 e. The van der Waals surface area contributed by atoms with E-state index in [0.29, 0.717) is 11.2 Å². The summed E-state index contributed by atoms with van der Waals surface area (Å²) in [7, 11) is 3.38. The zero-order valence-electron chi connectivity index (χ0n) is 17.2. The van der Waals surface area contributed by atoms with Crippen LogP contribution in [0.15, 0.2) is 35.6 Å². The van der Waals surface area contributed by atoms with Gasteiger partial charge in [-0.2, -0.15) is 10.2 Å². The maximum atomic E-state index is 11.7. The molecule has 0 radical (unpaired) electrons. The van der Waals surface area contributed by atoms with Crippen molar-refractivity contribution in [2.75, 3.05) is 7.05 Å². The third-order valence-corrected chi connectivity index (χ3v) is 4.38. The van der Waals surface area contributed by atoms with Crippen LogP contribution in [-0.2, 0) is 11.8 Å². The van der Waals surface area contributed by atoms with Crippen LogP contribution in [0.3, 0.4) is 0 Å². The van der Waals surface area contributed by atoms with Gasteiger partial charge < -0.3 is 10.3 Å². The number of aromatic amines is 1. The van der Waals surface area contributed by atoms with Crippen LogP contribution in [0.2, 0.25) is 0 Å². The minimum Gasteiger partial charge on any atom is -0.348 e. The Morgan fingerprint density at radius 1 is 1.14 bits per heavy atom. The number of nitrogens with zero attached hydrogens (tertiary/aromatic N) is 4. The summed E-state index contributed by atoms with van der Waals surface area (Å²) in [5, 5.41) is 10.5. The summed E-state index contributed by atoms with van der Waals surface area (Å²) in [4.78, 5) is 24.6. The van der Waals surface area contributed by atoms with Crippen molar-refractivity contribution in [3.05, 3.63) is 41.2 Å². The van der Waals surface area contributed by atoms with Crippen LogP contribution in [0.1, 0.15) is 45.4 Å². The van der Waals surface area contributed by atoms with Gasteiger partial charge in [-0.1, -0.05) is 44.4 Å². The molecule has 0 saturated heterocycles. The van der Waals surface area contributed by atoms with Crippen molar-refractivity contribution >= 4 is 11.4 Å². The molecule has 29 heavy (non-hydrogen) atoms. The number of aryl methyl sites for hydroxylation is 1. The van der Waals surface area contributed by atoms with E-state index in [4.69, 9.17) is 0 Å². The van der Waals surface area contributed by atoms with E-state index < -0.39 is 0 Å². The third kappa shape index (κ3) is 6.96. The standard InChI is InChI=1S/C10H9N5O.C6H12.C5H7NO/c1-14-5-7(4-12-14)8-6-15-9(2-3-11-15)10(16)13-8;1-2-4-6-5-3-1;1-3-4-5(7)6-2/h2-6H,1H3,(H,13,16);1-6H2;1-2H3,(H,6,7). The maximum absolute atomic E-state index is 11.7. The molecule has 0 aliphatic heterocycles. The molecule has 3 aromatic heterocycles. The molecule has 0 atom stereocenters. The van der Waals surface area contributed by atoms with Gasteiger partial charge in [-0.3, -0.25) is 14.3 Å². The summed E-state index contributed by atoms with van der Waals surface area (Å²) in [5.74, 6) is 4.52. The normalized spacial score (nSPS) is 12.5. The van der Waals surface area contributed by atoms with Crippen LogP contribution in [0.25, 0.3) is 16.8 Å². The molecule has 3 heterocycles. The number of H-pyrrole nitrogens is 1. The predicted molar refractivity (Wildman–Crippen MR) is 113 cm³/mol. The molecular weight excluding hydrogens is 368 g/mol. The Labute approximate surface area is 170 Å². The van der Waals surface area contributed by atoms with E-state index in [1.807, 2.05) is 13.2 Å². The lowest BCUT2D eigenvalue weighted by atomic mass is 10.0. The Morgan fingerprint density at radius 2 is 1.79 bits per heavy atom. The lowest BCUT2D eigenvalue weighted by Crippen LogP contribution is -2.14. The van der Waals surface area contributed by atoms with Crippen LogP contribution in [0, 0.1) is 11.8 Å². The molecule has 8 nitrogen and oxygen atoms in total. The zero-order valence-corrected chi connectivity index (χ0v) is 17.2. The molecule has 8 heteroatoms. The van der Waals surface area contributed by atoms with Gasteiger partial charge in [0, 0.05) is 25.9 Å². The number of hydrogen-bond acceptors (Lipinski definition) is 4. The summed E-state index contributed by atoms with van der Waals surface area (Å²) < 4.78 is 3.24. The fraction of sp³-hybridized carbons (Fsp3) is 0.429. The van der Waals surface area contributed by atoms with Gasteiger partial charge >= 0.3 is 0 Å². The number of carbonyl (C=O) groups is 1. The largest absolute Gasteiger partial charge is 0.348 e. The van der Waals surface area contributed by atoms with Crippen molar-refractivity contribution in [2.45, 2.75) is 45.4 Å². The highest BCUT2D eigenvalue weighted by Crippen LogP contribution is 2.15. The smallest absolute Gasteiger partial charge is 0.295 e. The van der Waals surface area contributed by atoms with Crippen LogP contribution in [0.5, 0.6) is 0 Å².